The predicted molar refractivity (Wildman–Crippen MR) is 78.0 cm³/mol. The number of hydrogen-bond acceptors (Lipinski definition) is 6. The van der Waals surface area contributed by atoms with Gasteiger partial charge in [0.15, 0.2) is 0 Å². The summed E-state index contributed by atoms with van der Waals surface area (Å²) in [6, 6.07) is 6.95. The summed E-state index contributed by atoms with van der Waals surface area (Å²) in [5.74, 6) is -0.713. The van der Waals surface area contributed by atoms with Gasteiger partial charge in [0.1, 0.15) is 6.54 Å². The van der Waals surface area contributed by atoms with Gasteiger partial charge in [0, 0.05) is 6.07 Å². The van der Waals surface area contributed by atoms with Crippen molar-refractivity contribution in [3.05, 3.63) is 46.5 Å². The van der Waals surface area contributed by atoms with Crippen LogP contribution in [0.4, 0.5) is 10.5 Å². The lowest BCUT2D eigenvalue weighted by Gasteiger charge is -2.14. The van der Waals surface area contributed by atoms with E-state index >= 15 is 0 Å². The number of carbonyl (C=O) groups is 2. The smallest absolute Gasteiger partial charge is 0.275 e. The van der Waals surface area contributed by atoms with Gasteiger partial charge in [0.05, 0.1) is 15.2 Å². The van der Waals surface area contributed by atoms with Crippen molar-refractivity contribution in [1.82, 2.24) is 9.62 Å². The monoisotopic (exact) mass is 335 g/mol. The first-order valence-electron chi connectivity index (χ1n) is 6.34. The van der Waals surface area contributed by atoms with Crippen LogP contribution in [0.3, 0.4) is 0 Å². The van der Waals surface area contributed by atoms with E-state index in [1.165, 1.54) is 36.4 Å². The van der Waals surface area contributed by atoms with Crippen LogP contribution in [0, 0.1) is 10.1 Å². The second-order valence-corrected chi connectivity index (χ2v) is 6.64. The average molecular weight is 335 g/mol. The molecule has 10 heteroatoms. The van der Waals surface area contributed by atoms with E-state index in [1.807, 2.05) is 5.32 Å². The molecular formula is C13H9N3O6S. The minimum absolute atomic E-state index is 0.152. The van der Waals surface area contributed by atoms with Crippen LogP contribution in [0.1, 0.15) is 0 Å². The van der Waals surface area contributed by atoms with E-state index < -0.39 is 33.4 Å². The zero-order valence-electron chi connectivity index (χ0n) is 11.4. The third-order valence-electron chi connectivity index (χ3n) is 3.37. The molecule has 9 nitrogen and oxygen atoms in total. The fourth-order valence-electron chi connectivity index (χ4n) is 2.31. The van der Waals surface area contributed by atoms with Crippen LogP contribution < -0.4 is 5.32 Å². The molecule has 23 heavy (non-hydrogen) atoms. The lowest BCUT2D eigenvalue weighted by molar-refractivity contribution is -0.383. The number of nitro benzene ring substituents is 1. The number of hydrogen-bond donors (Lipinski definition) is 1. The summed E-state index contributed by atoms with van der Waals surface area (Å²) in [6.45, 7) is -0.589. The van der Waals surface area contributed by atoms with Crippen molar-refractivity contribution in [2.24, 2.45) is 0 Å². The van der Waals surface area contributed by atoms with Gasteiger partial charge in [-0.1, -0.05) is 12.1 Å². The van der Waals surface area contributed by atoms with E-state index in [0.717, 1.165) is 0 Å². The quantitative estimate of drug-likeness (QED) is 0.506. The number of carbonyl (C=O) groups excluding carboxylic acids is 2. The molecule has 0 saturated carbocycles. The van der Waals surface area contributed by atoms with Gasteiger partial charge in [-0.05, 0) is 23.6 Å². The molecule has 1 N–H and O–H groups in total. The Kier molecular flexibility index (Phi) is 3.25. The van der Waals surface area contributed by atoms with Gasteiger partial charge in [-0.15, -0.1) is 0 Å². The largest absolute Gasteiger partial charge is 0.338 e. The molecule has 1 aliphatic rings. The van der Waals surface area contributed by atoms with Crippen molar-refractivity contribution < 1.29 is 22.9 Å². The van der Waals surface area contributed by atoms with Gasteiger partial charge in [-0.3, -0.25) is 20.2 Å². The van der Waals surface area contributed by atoms with Crippen molar-refractivity contribution in [2.75, 3.05) is 6.54 Å². The van der Waals surface area contributed by atoms with Crippen LogP contribution in [-0.2, 0) is 14.8 Å². The minimum atomic E-state index is -4.21. The number of sulfonamides is 1. The van der Waals surface area contributed by atoms with Gasteiger partial charge in [0.25, 0.3) is 15.7 Å². The van der Waals surface area contributed by atoms with Gasteiger partial charge in [0.2, 0.25) is 5.91 Å². The molecular weight excluding hydrogens is 326 g/mol. The summed E-state index contributed by atoms with van der Waals surface area (Å²) in [5.41, 5.74) is -0.152. The fourth-order valence-corrected chi connectivity index (χ4v) is 3.63. The second kappa shape index (κ2) is 5.02. The Hall–Kier alpha value is -3.01. The zero-order chi connectivity index (χ0) is 16.8. The van der Waals surface area contributed by atoms with Gasteiger partial charge in [-0.25, -0.2) is 17.5 Å². The third kappa shape index (κ3) is 2.38. The highest BCUT2D eigenvalue weighted by molar-refractivity contribution is 7.89. The Morgan fingerprint density at radius 2 is 1.91 bits per heavy atom. The lowest BCUT2D eigenvalue weighted by atomic mass is 10.1. The van der Waals surface area contributed by atoms with Crippen molar-refractivity contribution >= 4 is 38.4 Å². The first-order valence-corrected chi connectivity index (χ1v) is 7.78. The predicted octanol–water partition coefficient (Wildman–Crippen LogP) is 0.988. The number of amides is 3. The maximum absolute atomic E-state index is 12.4. The first-order chi connectivity index (χ1) is 10.8. The normalized spacial score (nSPS) is 15.0. The van der Waals surface area contributed by atoms with E-state index in [2.05, 4.69) is 0 Å². The molecule has 1 aliphatic heterocycles. The lowest BCUT2D eigenvalue weighted by Crippen LogP contribution is -2.34. The number of nitro groups is 1. The SMILES string of the molecule is O=C1CN(S(=O)(=O)c2ccc3c([N+](=O)[O-])cccc3c2)C(=O)N1. The molecule has 0 atom stereocenters. The topological polar surface area (TPSA) is 127 Å². The van der Waals surface area contributed by atoms with Crippen molar-refractivity contribution in [2.45, 2.75) is 4.90 Å². The Morgan fingerprint density at radius 1 is 1.17 bits per heavy atom. The van der Waals surface area contributed by atoms with Gasteiger partial charge >= 0.3 is 6.03 Å². The molecule has 0 unspecified atom stereocenters. The summed E-state index contributed by atoms with van der Waals surface area (Å²) in [6.07, 6.45) is 0. The summed E-state index contributed by atoms with van der Waals surface area (Å²) >= 11 is 0. The number of benzene rings is 2. The van der Waals surface area contributed by atoms with Crippen LogP contribution in [0.15, 0.2) is 41.3 Å². The number of nitrogens with zero attached hydrogens (tertiary/aromatic N) is 2. The minimum Gasteiger partial charge on any atom is -0.275 e. The van der Waals surface area contributed by atoms with Crippen LogP contribution in [-0.4, -0.2) is 36.1 Å². The van der Waals surface area contributed by atoms with Crippen LogP contribution in [0.2, 0.25) is 0 Å². The summed E-state index contributed by atoms with van der Waals surface area (Å²) in [7, 11) is -4.21. The third-order valence-corrected chi connectivity index (χ3v) is 5.10. The van der Waals surface area contributed by atoms with Crippen LogP contribution >= 0.6 is 0 Å². The zero-order valence-corrected chi connectivity index (χ0v) is 12.2. The van der Waals surface area contributed by atoms with Crippen LogP contribution in [0.25, 0.3) is 10.8 Å². The van der Waals surface area contributed by atoms with Crippen molar-refractivity contribution in [1.29, 1.82) is 0 Å². The van der Waals surface area contributed by atoms with E-state index in [1.54, 1.807) is 0 Å². The van der Waals surface area contributed by atoms with Crippen LogP contribution in [0.5, 0.6) is 0 Å². The highest BCUT2D eigenvalue weighted by Crippen LogP contribution is 2.28. The molecule has 1 saturated heterocycles. The van der Waals surface area contributed by atoms with Gasteiger partial charge < -0.3 is 0 Å². The molecule has 118 valence electrons. The Morgan fingerprint density at radius 3 is 2.52 bits per heavy atom. The van der Waals surface area contributed by atoms with Gasteiger partial charge in [-0.2, -0.15) is 0 Å². The Bertz CT molecular complexity index is 969. The molecule has 2 aromatic rings. The first kappa shape index (κ1) is 14.9. The van der Waals surface area contributed by atoms with Crippen molar-refractivity contribution in [3.63, 3.8) is 0 Å². The number of rotatable bonds is 3. The fraction of sp³-hybridized carbons (Fsp3) is 0.0769. The average Bonchev–Trinajstić information content (AvgIpc) is 2.85. The molecule has 0 bridgehead atoms. The molecule has 2 aromatic carbocycles. The van der Waals surface area contributed by atoms with E-state index in [-0.39, 0.29) is 16.0 Å². The molecule has 3 rings (SSSR count). The number of non-ortho nitro benzene ring substituents is 1. The highest BCUT2D eigenvalue weighted by Gasteiger charge is 2.37. The van der Waals surface area contributed by atoms with E-state index in [9.17, 15) is 28.1 Å². The number of urea groups is 1. The molecule has 0 radical (unpaired) electrons. The molecule has 3 amide bonds. The summed E-state index contributed by atoms with van der Waals surface area (Å²) < 4.78 is 25.3. The summed E-state index contributed by atoms with van der Waals surface area (Å²) in [5, 5.41) is 13.5. The number of imide groups is 1. The van der Waals surface area contributed by atoms with E-state index in [4.69, 9.17) is 0 Å². The molecule has 1 fully saturated rings. The van der Waals surface area contributed by atoms with E-state index in [0.29, 0.717) is 9.69 Å². The standard InChI is InChI=1S/C13H9N3O6S/c17-12-7-15(13(18)14-12)23(21,22)9-4-5-10-8(6-9)2-1-3-11(10)16(19)20/h1-6H,7H2,(H,14,17,18). The Labute approximate surface area is 129 Å². The molecule has 1 heterocycles. The molecule has 0 aromatic heterocycles. The molecule has 0 spiro atoms. The summed E-state index contributed by atoms with van der Waals surface area (Å²) in [4.78, 5) is 32.9. The maximum Gasteiger partial charge on any atom is 0.338 e. The maximum atomic E-state index is 12.4. The number of nitrogens with one attached hydrogen (secondary N) is 1. The van der Waals surface area contributed by atoms with Crippen molar-refractivity contribution in [3.8, 4) is 0 Å². The Balaban J connectivity index is 2.12. The second-order valence-electron chi connectivity index (χ2n) is 4.78. The number of fused-ring (bicyclic) bond motifs is 1. The highest BCUT2D eigenvalue weighted by atomic mass is 32.2. The molecule has 0 aliphatic carbocycles.